The second kappa shape index (κ2) is 5.47. The zero-order valence-electron chi connectivity index (χ0n) is 7.75. The fourth-order valence-corrected chi connectivity index (χ4v) is 2.62. The third kappa shape index (κ3) is 2.79. The van der Waals surface area contributed by atoms with E-state index >= 15 is 0 Å². The molecule has 1 aromatic heterocycles. The van der Waals surface area contributed by atoms with Crippen LogP contribution in [0.15, 0.2) is 10.5 Å². The third-order valence-corrected chi connectivity index (χ3v) is 3.95. The van der Waals surface area contributed by atoms with Gasteiger partial charge in [-0.25, -0.2) is 0 Å². The molecule has 2 N–H and O–H groups in total. The van der Waals surface area contributed by atoms with Crippen LogP contribution in [0.1, 0.15) is 15.8 Å². The first-order valence-electron chi connectivity index (χ1n) is 4.18. The number of aliphatic hydroxyl groups excluding tert-OH is 1. The van der Waals surface area contributed by atoms with Crippen molar-refractivity contribution in [1.82, 2.24) is 5.32 Å². The molecule has 0 aliphatic carbocycles. The average molecular weight is 275 g/mol. The number of thiophene rings is 1. The summed E-state index contributed by atoms with van der Waals surface area (Å²) in [4.78, 5) is 2.14. The van der Waals surface area contributed by atoms with E-state index in [1.807, 2.05) is 13.0 Å². The highest BCUT2D eigenvalue weighted by Gasteiger charge is 2.13. The van der Waals surface area contributed by atoms with E-state index in [9.17, 15) is 0 Å². The Morgan fingerprint density at radius 2 is 2.50 bits per heavy atom. The Balaban J connectivity index is 2.75. The van der Waals surface area contributed by atoms with Crippen molar-refractivity contribution in [2.24, 2.45) is 0 Å². The summed E-state index contributed by atoms with van der Waals surface area (Å²) in [6, 6.07) is 3.78. The summed E-state index contributed by atoms with van der Waals surface area (Å²) in [5.41, 5.74) is 0. The molecular formula is C9H11BrN2OS. The van der Waals surface area contributed by atoms with E-state index in [0.717, 1.165) is 14.2 Å². The molecule has 3 nitrogen and oxygen atoms in total. The first kappa shape index (κ1) is 11.7. The van der Waals surface area contributed by atoms with Crippen molar-refractivity contribution in [3.05, 3.63) is 20.3 Å². The Morgan fingerprint density at radius 3 is 2.93 bits per heavy atom. The van der Waals surface area contributed by atoms with Crippen LogP contribution in [0.4, 0.5) is 0 Å². The van der Waals surface area contributed by atoms with Gasteiger partial charge in [-0.2, -0.15) is 5.26 Å². The molecule has 5 heteroatoms. The number of hydrogen-bond acceptors (Lipinski definition) is 4. The van der Waals surface area contributed by atoms with Crippen molar-refractivity contribution in [3.8, 4) is 6.07 Å². The largest absolute Gasteiger partial charge is 0.395 e. The molecular weight excluding hydrogens is 264 g/mol. The first-order valence-corrected chi connectivity index (χ1v) is 5.79. The lowest BCUT2D eigenvalue weighted by Gasteiger charge is -2.07. The second-order valence-corrected chi connectivity index (χ2v) is 4.93. The summed E-state index contributed by atoms with van der Waals surface area (Å²) < 4.78 is 1.03. The summed E-state index contributed by atoms with van der Waals surface area (Å²) in [6.07, 6.45) is 0. The lowest BCUT2D eigenvalue weighted by Crippen LogP contribution is -2.22. The molecule has 1 heterocycles. The van der Waals surface area contributed by atoms with Gasteiger partial charge in [0.2, 0.25) is 0 Å². The standard InChI is InChI=1S/C9H11BrN2OS/c1-6-7(10)4-9(14-6)8(5-11)12-2-3-13/h4,8,12-13H,2-3H2,1H3. The number of aliphatic hydroxyl groups is 1. The topological polar surface area (TPSA) is 56.0 Å². The molecule has 1 unspecified atom stereocenters. The number of nitrogens with one attached hydrogen (secondary N) is 1. The van der Waals surface area contributed by atoms with E-state index in [4.69, 9.17) is 10.4 Å². The molecule has 0 spiro atoms. The van der Waals surface area contributed by atoms with Gasteiger partial charge < -0.3 is 5.11 Å². The van der Waals surface area contributed by atoms with Crippen LogP contribution < -0.4 is 5.32 Å². The number of aryl methyl sites for hydroxylation is 1. The van der Waals surface area contributed by atoms with Gasteiger partial charge in [0.05, 0.1) is 12.7 Å². The van der Waals surface area contributed by atoms with Crippen LogP contribution in [-0.2, 0) is 0 Å². The van der Waals surface area contributed by atoms with E-state index in [2.05, 4.69) is 27.3 Å². The second-order valence-electron chi connectivity index (χ2n) is 2.79. The van der Waals surface area contributed by atoms with Gasteiger partial charge in [-0.15, -0.1) is 11.3 Å². The highest BCUT2D eigenvalue weighted by Crippen LogP contribution is 2.30. The number of rotatable bonds is 4. The maximum Gasteiger partial charge on any atom is 0.130 e. The lowest BCUT2D eigenvalue weighted by atomic mass is 10.2. The zero-order valence-corrected chi connectivity index (χ0v) is 10.2. The number of hydrogen-bond donors (Lipinski definition) is 2. The Labute approximate surface area is 95.5 Å². The molecule has 76 valence electrons. The van der Waals surface area contributed by atoms with Crippen LogP contribution in [0, 0.1) is 18.3 Å². The molecule has 14 heavy (non-hydrogen) atoms. The Morgan fingerprint density at radius 1 is 1.79 bits per heavy atom. The van der Waals surface area contributed by atoms with Crippen molar-refractivity contribution in [2.45, 2.75) is 13.0 Å². The predicted octanol–water partition coefficient (Wildman–Crippen LogP) is 1.97. The summed E-state index contributed by atoms with van der Waals surface area (Å²) in [5, 5.41) is 20.5. The quantitative estimate of drug-likeness (QED) is 0.883. The van der Waals surface area contributed by atoms with Crippen LogP contribution in [-0.4, -0.2) is 18.3 Å². The van der Waals surface area contributed by atoms with E-state index in [1.54, 1.807) is 11.3 Å². The van der Waals surface area contributed by atoms with Crippen molar-refractivity contribution < 1.29 is 5.11 Å². The van der Waals surface area contributed by atoms with Crippen molar-refractivity contribution >= 4 is 27.3 Å². The highest BCUT2D eigenvalue weighted by molar-refractivity contribution is 9.10. The monoisotopic (exact) mass is 274 g/mol. The van der Waals surface area contributed by atoms with E-state index in [1.165, 1.54) is 0 Å². The predicted molar refractivity (Wildman–Crippen MR) is 60.2 cm³/mol. The van der Waals surface area contributed by atoms with Gasteiger partial charge in [-0.1, -0.05) is 0 Å². The lowest BCUT2D eigenvalue weighted by molar-refractivity contribution is 0.289. The molecule has 0 aliphatic heterocycles. The van der Waals surface area contributed by atoms with Gasteiger partial charge in [-0.05, 0) is 28.9 Å². The summed E-state index contributed by atoms with van der Waals surface area (Å²) in [5.74, 6) is 0. The Kier molecular flexibility index (Phi) is 4.55. The van der Waals surface area contributed by atoms with Gasteiger partial charge >= 0.3 is 0 Å². The minimum atomic E-state index is -0.322. The highest BCUT2D eigenvalue weighted by atomic mass is 79.9. The SMILES string of the molecule is Cc1sc(C(C#N)NCCO)cc1Br. The molecule has 0 bridgehead atoms. The maximum absolute atomic E-state index is 8.90. The minimum Gasteiger partial charge on any atom is -0.395 e. The Hall–Kier alpha value is -0.410. The molecule has 0 radical (unpaired) electrons. The molecule has 0 saturated carbocycles. The third-order valence-electron chi connectivity index (χ3n) is 1.75. The molecule has 0 fully saturated rings. The van der Waals surface area contributed by atoms with Crippen LogP contribution >= 0.6 is 27.3 Å². The summed E-state index contributed by atoms with van der Waals surface area (Å²) in [6.45, 7) is 2.48. The first-order chi connectivity index (χ1) is 6.69. The van der Waals surface area contributed by atoms with Gasteiger partial charge in [0, 0.05) is 20.8 Å². The molecule has 1 rings (SSSR count). The fourth-order valence-electron chi connectivity index (χ4n) is 1.04. The van der Waals surface area contributed by atoms with E-state index in [0.29, 0.717) is 6.54 Å². The normalized spacial score (nSPS) is 12.4. The van der Waals surface area contributed by atoms with E-state index in [-0.39, 0.29) is 12.6 Å². The van der Waals surface area contributed by atoms with Gasteiger partial charge in [0.25, 0.3) is 0 Å². The van der Waals surface area contributed by atoms with E-state index < -0.39 is 0 Å². The van der Waals surface area contributed by atoms with Gasteiger partial charge in [0.1, 0.15) is 6.04 Å². The Bertz CT molecular complexity index is 326. The van der Waals surface area contributed by atoms with Crippen molar-refractivity contribution in [2.75, 3.05) is 13.2 Å². The number of halogens is 1. The van der Waals surface area contributed by atoms with Crippen LogP contribution in [0.5, 0.6) is 0 Å². The molecule has 1 atom stereocenters. The van der Waals surface area contributed by atoms with Crippen molar-refractivity contribution in [3.63, 3.8) is 0 Å². The van der Waals surface area contributed by atoms with Crippen molar-refractivity contribution in [1.29, 1.82) is 5.26 Å². The smallest absolute Gasteiger partial charge is 0.130 e. The minimum absolute atomic E-state index is 0.0453. The summed E-state index contributed by atoms with van der Waals surface area (Å²) >= 11 is 4.99. The zero-order chi connectivity index (χ0) is 10.6. The molecule has 1 aromatic rings. The van der Waals surface area contributed by atoms with Crippen LogP contribution in [0.25, 0.3) is 0 Å². The van der Waals surface area contributed by atoms with Gasteiger partial charge in [0.15, 0.2) is 0 Å². The average Bonchev–Trinajstić information content (AvgIpc) is 2.48. The molecule has 0 aromatic carbocycles. The van der Waals surface area contributed by atoms with Crippen LogP contribution in [0.2, 0.25) is 0 Å². The van der Waals surface area contributed by atoms with Gasteiger partial charge in [-0.3, -0.25) is 5.32 Å². The number of nitriles is 1. The summed E-state index contributed by atoms with van der Waals surface area (Å²) in [7, 11) is 0. The molecule has 0 amide bonds. The fraction of sp³-hybridized carbons (Fsp3) is 0.444. The molecule has 0 saturated heterocycles. The van der Waals surface area contributed by atoms with Crippen LogP contribution in [0.3, 0.4) is 0 Å². The maximum atomic E-state index is 8.90. The number of nitrogens with zero attached hydrogens (tertiary/aromatic N) is 1. The molecule has 0 aliphatic rings.